The first kappa shape index (κ1) is 30.6. The molecule has 4 aromatic rings. The number of amides is 1. The van der Waals surface area contributed by atoms with Gasteiger partial charge >= 0.3 is 5.69 Å². The van der Waals surface area contributed by atoms with Gasteiger partial charge in [-0.1, -0.05) is 30.3 Å². The highest BCUT2D eigenvalue weighted by molar-refractivity contribution is 7.90. The third-order valence-corrected chi connectivity index (χ3v) is 10.6. The van der Waals surface area contributed by atoms with Crippen LogP contribution in [0.25, 0.3) is 11.0 Å². The van der Waals surface area contributed by atoms with Gasteiger partial charge in [-0.05, 0) is 67.4 Å². The molecule has 45 heavy (non-hydrogen) atoms. The molecule has 2 atom stereocenters. The van der Waals surface area contributed by atoms with E-state index in [1.54, 1.807) is 29.2 Å². The van der Waals surface area contributed by atoms with E-state index < -0.39 is 21.8 Å². The van der Waals surface area contributed by atoms with Gasteiger partial charge in [0.2, 0.25) is 5.91 Å². The number of benzene rings is 3. The Labute approximate surface area is 262 Å². The van der Waals surface area contributed by atoms with Crippen LogP contribution in [0.3, 0.4) is 0 Å². The second-order valence-electron chi connectivity index (χ2n) is 11.8. The average Bonchev–Trinajstić information content (AvgIpc) is 3.64. The molecule has 3 heterocycles. The van der Waals surface area contributed by atoms with Crippen molar-refractivity contribution in [3.63, 3.8) is 0 Å². The van der Waals surface area contributed by atoms with Crippen LogP contribution < -0.4 is 10.4 Å². The van der Waals surface area contributed by atoms with Gasteiger partial charge in [-0.3, -0.25) is 9.36 Å². The molecule has 0 N–H and O–H groups in total. The lowest BCUT2D eigenvalue weighted by atomic mass is 10.0. The molecule has 0 spiro atoms. The van der Waals surface area contributed by atoms with Gasteiger partial charge in [-0.2, -0.15) is 9.23 Å². The second kappa shape index (κ2) is 12.5. The summed E-state index contributed by atoms with van der Waals surface area (Å²) in [5, 5.41) is 9.71. The summed E-state index contributed by atoms with van der Waals surface area (Å²) in [7, 11) is -0.799. The van der Waals surface area contributed by atoms with Gasteiger partial charge in [-0.15, -0.1) is 0 Å². The van der Waals surface area contributed by atoms with E-state index in [0.29, 0.717) is 30.3 Å². The zero-order valence-electron chi connectivity index (χ0n) is 25.4. The Morgan fingerprint density at radius 2 is 1.69 bits per heavy atom. The topological polar surface area (TPSA) is 121 Å². The number of likely N-dealkylation sites (N-methyl/N-ethyl adjacent to an activating group) is 1. The molecular formula is C33H36N6O5S. The number of carbonyl (C=O) groups excluding carboxylic acids is 1. The normalized spacial score (nSPS) is 18.6. The number of nitrogens with zero attached hydrogens (tertiary/aromatic N) is 6. The van der Waals surface area contributed by atoms with Gasteiger partial charge in [0.15, 0.2) is 0 Å². The lowest BCUT2D eigenvalue weighted by molar-refractivity contribution is -0.132. The number of nitriles is 1. The van der Waals surface area contributed by atoms with Crippen LogP contribution in [0.4, 0.5) is 0 Å². The zero-order valence-corrected chi connectivity index (χ0v) is 26.2. The highest BCUT2D eigenvalue weighted by Crippen LogP contribution is 2.30. The Kier molecular flexibility index (Phi) is 8.50. The number of hydrogen-bond acceptors (Lipinski definition) is 8. The number of rotatable bonds is 8. The molecule has 0 radical (unpaired) electrons. The van der Waals surface area contributed by atoms with E-state index in [-0.39, 0.29) is 27.4 Å². The summed E-state index contributed by atoms with van der Waals surface area (Å²) in [6.45, 7) is 6.01. The quantitative estimate of drug-likeness (QED) is 0.292. The fraction of sp³-hybridized carbons (Fsp3) is 0.364. The summed E-state index contributed by atoms with van der Waals surface area (Å²) >= 11 is 0. The van der Waals surface area contributed by atoms with Gasteiger partial charge in [0.1, 0.15) is 11.8 Å². The standard InChI is InChI=1S/C33H36N6O5S/c1-35-16-18-36(19-17-35)22-25-14-15-37(23-25)32(40)31(26-6-4-3-5-7-26)38-30-20-24(21-34)8-13-29(30)39(33(38)41)45(42,43)28-11-9-27(44-2)10-12-28/h3-13,20,25,31H,14-19,22-23H2,1-2H3. The van der Waals surface area contributed by atoms with Gasteiger partial charge in [0.25, 0.3) is 10.0 Å². The fourth-order valence-corrected chi connectivity index (χ4v) is 7.78. The minimum absolute atomic E-state index is 0.0814. The van der Waals surface area contributed by atoms with Crippen molar-refractivity contribution in [2.45, 2.75) is 17.4 Å². The Morgan fingerprint density at radius 3 is 2.36 bits per heavy atom. The lowest BCUT2D eigenvalue weighted by Crippen LogP contribution is -2.46. The first-order chi connectivity index (χ1) is 21.7. The molecule has 12 heteroatoms. The molecule has 11 nitrogen and oxygen atoms in total. The predicted molar refractivity (Wildman–Crippen MR) is 170 cm³/mol. The highest BCUT2D eigenvalue weighted by Gasteiger charge is 2.37. The Morgan fingerprint density at radius 1 is 0.978 bits per heavy atom. The van der Waals surface area contributed by atoms with Crippen LogP contribution in [0, 0.1) is 17.2 Å². The fourth-order valence-electron chi connectivity index (χ4n) is 6.38. The molecule has 0 bridgehead atoms. The molecule has 2 saturated heterocycles. The SMILES string of the molecule is COc1ccc(S(=O)(=O)n2c(=O)n(C(C(=O)N3CCC(CN4CCN(C)CC4)C3)c3ccccc3)c3cc(C#N)ccc32)cc1. The van der Waals surface area contributed by atoms with E-state index in [4.69, 9.17) is 4.74 Å². The number of carbonyl (C=O) groups is 1. The molecule has 2 aliphatic rings. The molecule has 1 amide bonds. The minimum Gasteiger partial charge on any atom is -0.497 e. The largest absolute Gasteiger partial charge is 0.497 e. The van der Waals surface area contributed by atoms with Gasteiger partial charge in [-0.25, -0.2) is 13.2 Å². The van der Waals surface area contributed by atoms with Crippen molar-refractivity contribution in [3.05, 3.63) is 94.4 Å². The van der Waals surface area contributed by atoms with Gasteiger partial charge in [0.05, 0.1) is 34.7 Å². The monoisotopic (exact) mass is 628 g/mol. The van der Waals surface area contributed by atoms with E-state index in [0.717, 1.165) is 43.1 Å². The number of methoxy groups -OCH3 is 1. The maximum Gasteiger partial charge on any atom is 0.344 e. The van der Waals surface area contributed by atoms with Crippen molar-refractivity contribution < 1.29 is 17.9 Å². The zero-order chi connectivity index (χ0) is 31.7. The number of hydrogen-bond donors (Lipinski definition) is 0. The van der Waals surface area contributed by atoms with Crippen LogP contribution in [-0.2, 0) is 14.8 Å². The van der Waals surface area contributed by atoms with Gasteiger partial charge in [0, 0.05) is 45.8 Å². The maximum absolute atomic E-state index is 14.5. The van der Waals surface area contributed by atoms with Gasteiger partial charge < -0.3 is 19.4 Å². The number of likely N-dealkylation sites (tertiary alicyclic amines) is 1. The summed E-state index contributed by atoms with van der Waals surface area (Å²) < 4.78 is 35.2. The number of aromatic nitrogens is 2. The van der Waals surface area contributed by atoms with Crippen molar-refractivity contribution >= 4 is 27.0 Å². The van der Waals surface area contributed by atoms with Crippen LogP contribution in [0.15, 0.2) is 82.5 Å². The first-order valence-corrected chi connectivity index (χ1v) is 16.5. The summed E-state index contributed by atoms with van der Waals surface area (Å²) in [5.74, 6) is 0.480. The Hall–Kier alpha value is -4.44. The van der Waals surface area contributed by atoms with E-state index in [1.165, 1.54) is 54.1 Å². The molecule has 2 unspecified atom stereocenters. The van der Waals surface area contributed by atoms with E-state index in [9.17, 15) is 23.3 Å². The van der Waals surface area contributed by atoms with Crippen LogP contribution in [0.1, 0.15) is 23.6 Å². The van der Waals surface area contributed by atoms with Crippen LogP contribution in [0.5, 0.6) is 5.75 Å². The molecule has 0 saturated carbocycles. The number of imidazole rings is 1. The molecule has 1 aromatic heterocycles. The second-order valence-corrected chi connectivity index (χ2v) is 13.6. The number of fused-ring (bicyclic) bond motifs is 1. The third kappa shape index (κ3) is 5.86. The van der Waals surface area contributed by atoms with E-state index in [1.807, 2.05) is 6.07 Å². The molecule has 3 aromatic carbocycles. The average molecular weight is 629 g/mol. The predicted octanol–water partition coefficient (Wildman–Crippen LogP) is 2.61. The molecule has 2 fully saturated rings. The summed E-state index contributed by atoms with van der Waals surface area (Å²) in [5.41, 5.74) is 0.175. The molecule has 6 rings (SSSR count). The summed E-state index contributed by atoms with van der Waals surface area (Å²) in [6.07, 6.45) is 0.848. The van der Waals surface area contributed by atoms with Crippen molar-refractivity contribution in [3.8, 4) is 11.8 Å². The van der Waals surface area contributed by atoms with Crippen LogP contribution in [-0.4, -0.2) is 97.5 Å². The van der Waals surface area contributed by atoms with E-state index >= 15 is 0 Å². The minimum atomic E-state index is -4.40. The lowest BCUT2D eigenvalue weighted by Gasteiger charge is -2.34. The van der Waals surface area contributed by atoms with Crippen molar-refractivity contribution in [2.75, 3.05) is 60.0 Å². The molecule has 0 aliphatic carbocycles. The molecular weight excluding hydrogens is 592 g/mol. The third-order valence-electron chi connectivity index (χ3n) is 8.88. The first-order valence-electron chi connectivity index (χ1n) is 15.0. The van der Waals surface area contributed by atoms with Crippen LogP contribution in [0.2, 0.25) is 0 Å². The van der Waals surface area contributed by atoms with Crippen LogP contribution >= 0.6 is 0 Å². The number of piperazine rings is 1. The summed E-state index contributed by atoms with van der Waals surface area (Å²) in [4.78, 5) is 35.3. The van der Waals surface area contributed by atoms with Crippen molar-refractivity contribution in [1.29, 1.82) is 5.26 Å². The highest BCUT2D eigenvalue weighted by atomic mass is 32.2. The van der Waals surface area contributed by atoms with Crippen molar-refractivity contribution in [2.24, 2.45) is 5.92 Å². The summed E-state index contributed by atoms with van der Waals surface area (Å²) in [6, 6.07) is 20.0. The van der Waals surface area contributed by atoms with E-state index in [2.05, 4.69) is 22.9 Å². The maximum atomic E-state index is 14.5. The van der Waals surface area contributed by atoms with Crippen molar-refractivity contribution in [1.82, 2.24) is 23.2 Å². The molecule has 2 aliphatic heterocycles. The Balaban J connectivity index is 1.44. The molecule has 234 valence electrons. The Bertz CT molecular complexity index is 1910. The smallest absolute Gasteiger partial charge is 0.344 e. The number of ether oxygens (including phenoxy) is 1.